The average molecular weight is 684 g/mol. The number of rotatable bonds is 9. The molecule has 2 saturated carbocycles. The van der Waals surface area contributed by atoms with Crippen molar-refractivity contribution in [1.29, 1.82) is 10.5 Å². The third-order valence-electron chi connectivity index (χ3n) is 9.09. The largest absolute Gasteiger partial charge is 0.475 e. The van der Waals surface area contributed by atoms with Gasteiger partial charge in [-0.15, -0.1) is 0 Å². The van der Waals surface area contributed by atoms with Gasteiger partial charge in [-0.2, -0.15) is 20.5 Å². The van der Waals surface area contributed by atoms with E-state index < -0.39 is 0 Å². The molecule has 0 aromatic carbocycles. The number of aryl methyl sites for hydroxylation is 1. The summed E-state index contributed by atoms with van der Waals surface area (Å²) in [5.41, 5.74) is 4.22. The Labute approximate surface area is 294 Å². The molecule has 2 aliphatic carbocycles. The Kier molecular flexibility index (Phi) is 10.1. The molecule has 0 bridgehead atoms. The molecule has 0 radical (unpaired) electrons. The second-order valence-electron chi connectivity index (χ2n) is 12.8. The second kappa shape index (κ2) is 15.6. The van der Waals surface area contributed by atoms with Gasteiger partial charge in [-0.3, -0.25) is 4.99 Å². The summed E-state index contributed by atoms with van der Waals surface area (Å²) in [6.07, 6.45) is 21.4. The minimum absolute atomic E-state index is 0.122. The zero-order chi connectivity index (χ0) is 35.0. The molecule has 0 atom stereocenters. The van der Waals surface area contributed by atoms with Gasteiger partial charge in [0.25, 0.3) is 11.8 Å². The van der Waals surface area contributed by atoms with Gasteiger partial charge in [-0.1, -0.05) is 19.3 Å². The second-order valence-corrected chi connectivity index (χ2v) is 12.8. The summed E-state index contributed by atoms with van der Waals surface area (Å²) < 4.78 is 13.6. The van der Waals surface area contributed by atoms with E-state index in [-0.39, 0.29) is 23.4 Å². The lowest BCUT2D eigenvalue weighted by Crippen LogP contribution is -2.16. The molecule has 5 aromatic heterocycles. The van der Waals surface area contributed by atoms with E-state index in [4.69, 9.17) is 9.47 Å². The summed E-state index contributed by atoms with van der Waals surface area (Å²) in [4.78, 5) is 34.3. The van der Waals surface area contributed by atoms with Crippen LogP contribution in [0.4, 0.5) is 29.0 Å². The van der Waals surface area contributed by atoms with Crippen molar-refractivity contribution < 1.29 is 9.47 Å². The first kappa shape index (κ1) is 33.3. The smallest absolute Gasteiger partial charge is 0.253 e. The lowest BCUT2D eigenvalue weighted by Gasteiger charge is -2.21. The van der Waals surface area contributed by atoms with Crippen molar-refractivity contribution in [3.05, 3.63) is 60.2 Å². The third-order valence-corrected chi connectivity index (χ3v) is 9.09. The van der Waals surface area contributed by atoms with Gasteiger partial charge in [0.15, 0.2) is 11.6 Å². The zero-order valence-corrected chi connectivity index (χ0v) is 28.3. The maximum absolute atomic E-state index is 9.29. The van der Waals surface area contributed by atoms with Crippen molar-refractivity contribution in [2.75, 3.05) is 17.2 Å². The van der Waals surface area contributed by atoms with Crippen molar-refractivity contribution in [3.8, 4) is 23.9 Å². The first-order valence-corrected chi connectivity index (χ1v) is 17.2. The Hall–Kier alpha value is -6.22. The predicted octanol–water partition coefficient (Wildman–Crippen LogP) is 6.40. The summed E-state index contributed by atoms with van der Waals surface area (Å²) in [7, 11) is 1.93. The van der Waals surface area contributed by atoms with Gasteiger partial charge in [-0.25, -0.2) is 24.9 Å². The Bertz CT molecular complexity index is 2120. The number of anilines is 4. The van der Waals surface area contributed by atoms with E-state index in [2.05, 4.69) is 50.5 Å². The van der Waals surface area contributed by atoms with E-state index in [0.29, 0.717) is 41.7 Å². The molecule has 51 heavy (non-hydrogen) atoms. The van der Waals surface area contributed by atoms with Crippen LogP contribution >= 0.6 is 0 Å². The van der Waals surface area contributed by atoms with Gasteiger partial charge < -0.3 is 24.7 Å². The number of nitrogens with zero attached hydrogens (tertiary/aromatic N) is 11. The molecule has 0 spiro atoms. The van der Waals surface area contributed by atoms with Gasteiger partial charge in [0.05, 0.1) is 48.9 Å². The average Bonchev–Trinajstić information content (AvgIpc) is 3.94. The summed E-state index contributed by atoms with van der Waals surface area (Å²) >= 11 is 0. The van der Waals surface area contributed by atoms with Crippen molar-refractivity contribution in [1.82, 2.24) is 39.5 Å². The maximum atomic E-state index is 9.29. The van der Waals surface area contributed by atoms with Crippen LogP contribution in [-0.2, 0) is 13.5 Å². The molecule has 258 valence electrons. The molecular weight excluding hydrogens is 646 g/mol. The summed E-state index contributed by atoms with van der Waals surface area (Å²) in [5, 5.41) is 24.7. The van der Waals surface area contributed by atoms with Crippen LogP contribution in [0.15, 0.2) is 48.2 Å². The monoisotopic (exact) mass is 683 g/mol. The number of nitriles is 2. The van der Waals surface area contributed by atoms with E-state index in [1.165, 1.54) is 44.5 Å². The number of hydrogen-bond acceptors (Lipinski definition) is 14. The molecule has 8 rings (SSSR count). The number of pyridine rings is 2. The molecule has 2 fully saturated rings. The molecule has 3 aliphatic rings. The molecule has 1 aliphatic heterocycles. The van der Waals surface area contributed by atoms with Crippen LogP contribution in [-0.4, -0.2) is 58.4 Å². The molecular formula is C36H37N13O2. The van der Waals surface area contributed by atoms with Gasteiger partial charge >= 0.3 is 0 Å². The van der Waals surface area contributed by atoms with Crippen LogP contribution in [0, 0.1) is 28.6 Å². The van der Waals surface area contributed by atoms with Gasteiger partial charge in [0, 0.05) is 25.7 Å². The number of hydrogen-bond donors (Lipinski definition) is 2. The first-order chi connectivity index (χ1) is 25.0. The highest BCUT2D eigenvalue weighted by Crippen LogP contribution is 2.29. The molecule has 0 amide bonds. The quantitative estimate of drug-likeness (QED) is 0.173. The highest BCUT2D eigenvalue weighted by atomic mass is 16.5. The number of aliphatic imine (C=N–C) groups is 1. The molecule has 15 nitrogen and oxygen atoms in total. The summed E-state index contributed by atoms with van der Waals surface area (Å²) in [6.45, 7) is 0.575. The molecule has 2 N–H and O–H groups in total. The standard InChI is InChI=1S/C19H21N7O.C17H16N6O/c1-26-12-23-15-9-22-17(7-16(15)26)24-18-10-21-14(8-20)19(25-18)27-11-13-5-3-2-4-6-13;18-8-13-17(24-12-3-1-2-4-12)23-16(10-20-13)22-15-7-11-5-6-19-14(11)9-21-15/h7,9-10,12-13H,2-6,11H2,1H3,(H,22,24,25);6-7,9-10,12H,1-5H2,(H,21,22,23). The summed E-state index contributed by atoms with van der Waals surface area (Å²) in [6, 6.07) is 7.92. The highest BCUT2D eigenvalue weighted by Gasteiger charge is 2.21. The van der Waals surface area contributed by atoms with Crippen LogP contribution in [0.5, 0.6) is 11.8 Å². The number of imidazole rings is 1. The summed E-state index contributed by atoms with van der Waals surface area (Å²) in [5.74, 6) is 3.38. The highest BCUT2D eigenvalue weighted by molar-refractivity contribution is 5.78. The van der Waals surface area contributed by atoms with Gasteiger partial charge in [0.1, 0.15) is 35.4 Å². The van der Waals surface area contributed by atoms with Gasteiger partial charge in [-0.05, 0) is 56.1 Å². The van der Waals surface area contributed by atoms with E-state index in [1.807, 2.05) is 42.1 Å². The van der Waals surface area contributed by atoms with Crippen molar-refractivity contribution in [3.63, 3.8) is 0 Å². The number of fused-ring (bicyclic) bond motifs is 2. The van der Waals surface area contributed by atoms with Crippen LogP contribution in [0.3, 0.4) is 0 Å². The molecule has 5 aromatic rings. The van der Waals surface area contributed by atoms with E-state index in [9.17, 15) is 10.5 Å². The van der Waals surface area contributed by atoms with Crippen LogP contribution < -0.4 is 20.1 Å². The van der Waals surface area contributed by atoms with Crippen LogP contribution in [0.2, 0.25) is 0 Å². The van der Waals surface area contributed by atoms with Gasteiger partial charge in [0.2, 0.25) is 11.4 Å². The van der Waals surface area contributed by atoms with Crippen LogP contribution in [0.25, 0.3) is 11.0 Å². The first-order valence-electron chi connectivity index (χ1n) is 17.2. The minimum atomic E-state index is 0.122. The lowest BCUT2D eigenvalue weighted by atomic mass is 9.90. The predicted molar refractivity (Wildman–Crippen MR) is 190 cm³/mol. The Morgan fingerprint density at radius 2 is 1.43 bits per heavy atom. The Balaban J connectivity index is 0.000000160. The number of aromatic nitrogens is 8. The number of ether oxygens (including phenoxy) is 2. The zero-order valence-electron chi connectivity index (χ0n) is 28.3. The maximum Gasteiger partial charge on any atom is 0.253 e. The fourth-order valence-corrected chi connectivity index (χ4v) is 6.36. The van der Waals surface area contributed by atoms with Crippen molar-refractivity contribution >= 4 is 46.2 Å². The molecule has 15 heteroatoms. The minimum Gasteiger partial charge on any atom is -0.475 e. The van der Waals surface area contributed by atoms with E-state index >= 15 is 0 Å². The third kappa shape index (κ3) is 8.16. The van der Waals surface area contributed by atoms with Crippen molar-refractivity contribution in [2.24, 2.45) is 18.0 Å². The molecule has 0 saturated heterocycles. The molecule has 0 unspecified atom stereocenters. The van der Waals surface area contributed by atoms with Crippen LogP contribution in [0.1, 0.15) is 74.7 Å². The Morgan fingerprint density at radius 1 is 0.765 bits per heavy atom. The molecule has 6 heterocycles. The van der Waals surface area contributed by atoms with E-state index in [1.54, 1.807) is 18.7 Å². The fraction of sp³-hybridized carbons (Fsp3) is 0.389. The SMILES string of the molecule is Cn1cnc2cnc(Nc3cnc(C#N)c(OCC4CCCCC4)n3)cc21.N#Cc1ncc(Nc2cc3c(cn2)N=CC3)nc1OC1CCCC1. The lowest BCUT2D eigenvalue weighted by molar-refractivity contribution is 0.200. The van der Waals surface area contributed by atoms with Crippen molar-refractivity contribution in [2.45, 2.75) is 70.3 Å². The Morgan fingerprint density at radius 3 is 2.18 bits per heavy atom. The van der Waals surface area contributed by atoms with E-state index in [0.717, 1.165) is 54.4 Å². The topological polar surface area (TPSA) is 198 Å². The number of nitrogens with one attached hydrogen (secondary N) is 2. The fourth-order valence-electron chi connectivity index (χ4n) is 6.36. The normalized spacial score (nSPS) is 15.4.